The van der Waals surface area contributed by atoms with Gasteiger partial charge in [0.05, 0.1) is 29.6 Å². The van der Waals surface area contributed by atoms with E-state index in [2.05, 4.69) is 0 Å². The number of carbonyl (C=O) groups is 3. The Labute approximate surface area is 174 Å². The summed E-state index contributed by atoms with van der Waals surface area (Å²) in [5.74, 6) is -1.29. The molecule has 5 heteroatoms. The molecule has 1 aliphatic heterocycles. The third kappa shape index (κ3) is 2.73. The quantitative estimate of drug-likeness (QED) is 0.379. The molecule has 0 spiro atoms. The van der Waals surface area contributed by atoms with Gasteiger partial charge in [0.1, 0.15) is 0 Å². The Morgan fingerprint density at radius 1 is 0.900 bits per heavy atom. The Balaban J connectivity index is 1.57. The second-order valence-electron chi connectivity index (χ2n) is 8.01. The number of allylic oxidation sites excluding steroid dienone is 2. The van der Waals surface area contributed by atoms with E-state index in [0.717, 1.165) is 22.2 Å². The van der Waals surface area contributed by atoms with Crippen molar-refractivity contribution in [3.05, 3.63) is 72.3 Å². The summed E-state index contributed by atoms with van der Waals surface area (Å²) in [7, 11) is 1.94. The number of amides is 2. The van der Waals surface area contributed by atoms with Crippen molar-refractivity contribution in [2.24, 2.45) is 18.9 Å². The van der Waals surface area contributed by atoms with Crippen LogP contribution in [0.2, 0.25) is 0 Å². The van der Waals surface area contributed by atoms with Crippen molar-refractivity contribution in [3.8, 4) is 11.3 Å². The number of aryl methyl sites for hydroxylation is 1. The molecule has 0 unspecified atom stereocenters. The minimum atomic E-state index is -0.323. The number of hydrogen-bond acceptors (Lipinski definition) is 3. The van der Waals surface area contributed by atoms with Crippen LogP contribution in [0.5, 0.6) is 0 Å². The smallest absolute Gasteiger partial charge is 0.233 e. The predicted octanol–water partition coefficient (Wildman–Crippen LogP) is 3.98. The van der Waals surface area contributed by atoms with Gasteiger partial charge in [0, 0.05) is 18.0 Å². The van der Waals surface area contributed by atoms with Crippen LogP contribution in [0, 0.1) is 11.8 Å². The highest BCUT2D eigenvalue weighted by atomic mass is 16.2. The lowest BCUT2D eigenvalue weighted by Gasteiger charge is -2.15. The van der Waals surface area contributed by atoms with Gasteiger partial charge in [-0.3, -0.25) is 19.3 Å². The molecule has 1 aliphatic carbocycles. The average molecular weight is 398 g/mol. The van der Waals surface area contributed by atoms with Crippen LogP contribution in [0.25, 0.3) is 22.2 Å². The van der Waals surface area contributed by atoms with Crippen LogP contribution in [0.3, 0.4) is 0 Å². The number of aromatic nitrogens is 1. The Kier molecular flexibility index (Phi) is 4.39. The molecule has 1 saturated heterocycles. The minimum Gasteiger partial charge on any atom is -0.343 e. The van der Waals surface area contributed by atoms with Gasteiger partial charge in [0.2, 0.25) is 11.8 Å². The molecule has 2 amide bonds. The third-order valence-corrected chi connectivity index (χ3v) is 6.33. The molecule has 1 fully saturated rings. The first-order valence-electron chi connectivity index (χ1n) is 10.2. The molecule has 5 nitrogen and oxygen atoms in total. The van der Waals surface area contributed by atoms with Crippen LogP contribution in [0.15, 0.2) is 66.7 Å². The molecule has 2 aliphatic rings. The van der Waals surface area contributed by atoms with Crippen molar-refractivity contribution in [3.63, 3.8) is 0 Å². The second kappa shape index (κ2) is 7.10. The first-order chi connectivity index (χ1) is 14.6. The SMILES string of the molecule is Cn1c(-c2ccccc2)c(C(=O)CN2C(=O)[C@H]3CC=CC[C@H]3C2=O)c2ccccc21. The lowest BCUT2D eigenvalue weighted by Crippen LogP contribution is -2.36. The lowest BCUT2D eigenvalue weighted by molar-refractivity contribution is -0.139. The summed E-state index contributed by atoms with van der Waals surface area (Å²) in [5, 5.41) is 0.835. The van der Waals surface area contributed by atoms with Gasteiger partial charge in [-0.2, -0.15) is 0 Å². The maximum Gasteiger partial charge on any atom is 0.233 e. The summed E-state index contributed by atoms with van der Waals surface area (Å²) in [6.45, 7) is -0.210. The molecule has 2 atom stereocenters. The molecule has 2 heterocycles. The zero-order valence-corrected chi connectivity index (χ0v) is 16.7. The van der Waals surface area contributed by atoms with Crippen molar-refractivity contribution in [2.75, 3.05) is 6.54 Å². The summed E-state index contributed by atoms with van der Waals surface area (Å²) in [5.41, 5.74) is 3.24. The number of likely N-dealkylation sites (tertiary alicyclic amines) is 1. The number of hydrogen-bond donors (Lipinski definition) is 0. The van der Waals surface area contributed by atoms with Gasteiger partial charge >= 0.3 is 0 Å². The van der Waals surface area contributed by atoms with Crippen LogP contribution in [0.4, 0.5) is 0 Å². The van der Waals surface area contributed by atoms with Crippen LogP contribution >= 0.6 is 0 Å². The minimum absolute atomic E-state index is 0.209. The largest absolute Gasteiger partial charge is 0.343 e. The van der Waals surface area contributed by atoms with Gasteiger partial charge in [-0.15, -0.1) is 0 Å². The van der Waals surface area contributed by atoms with Crippen LogP contribution in [-0.2, 0) is 16.6 Å². The van der Waals surface area contributed by atoms with Crippen LogP contribution in [-0.4, -0.2) is 33.6 Å². The van der Waals surface area contributed by atoms with E-state index in [-0.39, 0.29) is 36.0 Å². The average Bonchev–Trinajstić information content (AvgIpc) is 3.21. The predicted molar refractivity (Wildman–Crippen MR) is 115 cm³/mol. The summed E-state index contributed by atoms with van der Waals surface area (Å²) in [6.07, 6.45) is 5.05. The fourth-order valence-corrected chi connectivity index (χ4v) is 4.86. The molecular formula is C25H22N2O3. The number of imide groups is 1. The summed E-state index contributed by atoms with van der Waals surface area (Å²) >= 11 is 0. The van der Waals surface area contributed by atoms with E-state index in [9.17, 15) is 14.4 Å². The molecular weight excluding hydrogens is 376 g/mol. The zero-order valence-electron chi connectivity index (χ0n) is 16.7. The third-order valence-electron chi connectivity index (χ3n) is 6.33. The Morgan fingerprint density at radius 3 is 2.17 bits per heavy atom. The van der Waals surface area contributed by atoms with E-state index in [1.807, 2.05) is 78.4 Å². The number of carbonyl (C=O) groups excluding carboxylic acids is 3. The lowest BCUT2D eigenvalue weighted by atomic mass is 9.85. The Bertz CT molecular complexity index is 1180. The number of ketones is 1. The molecule has 1 aromatic heterocycles. The van der Waals surface area contributed by atoms with Crippen molar-refractivity contribution >= 4 is 28.5 Å². The summed E-state index contributed by atoms with van der Waals surface area (Å²) in [6, 6.07) is 17.5. The summed E-state index contributed by atoms with van der Waals surface area (Å²) < 4.78 is 2.01. The van der Waals surface area contributed by atoms with Gasteiger partial charge in [0.15, 0.2) is 5.78 Å². The maximum atomic E-state index is 13.5. The number of benzene rings is 2. The molecule has 0 N–H and O–H groups in total. The molecule has 0 radical (unpaired) electrons. The van der Waals surface area contributed by atoms with Crippen molar-refractivity contribution in [1.82, 2.24) is 9.47 Å². The van der Waals surface area contributed by atoms with Crippen molar-refractivity contribution in [1.29, 1.82) is 0 Å². The molecule has 30 heavy (non-hydrogen) atoms. The van der Waals surface area contributed by atoms with Crippen LogP contribution in [0.1, 0.15) is 23.2 Å². The second-order valence-corrected chi connectivity index (χ2v) is 8.01. The van der Waals surface area contributed by atoms with E-state index in [0.29, 0.717) is 18.4 Å². The normalized spacial score (nSPS) is 20.8. The molecule has 5 rings (SSSR count). The highest BCUT2D eigenvalue weighted by Crippen LogP contribution is 2.37. The van der Waals surface area contributed by atoms with Crippen LogP contribution < -0.4 is 0 Å². The Hall–Kier alpha value is -3.47. The monoisotopic (exact) mass is 398 g/mol. The van der Waals surface area contributed by atoms with Gasteiger partial charge < -0.3 is 4.57 Å². The standard InChI is InChI=1S/C25H22N2O3/c1-26-20-14-8-7-13-19(20)22(23(26)16-9-3-2-4-10-16)21(28)15-27-24(29)17-11-5-6-12-18(17)25(27)30/h2-10,13-14,17-18H,11-12,15H2,1H3/t17-,18+. The summed E-state index contributed by atoms with van der Waals surface area (Å²) in [4.78, 5) is 40.4. The van der Waals surface area contributed by atoms with Gasteiger partial charge in [-0.25, -0.2) is 0 Å². The first-order valence-corrected chi connectivity index (χ1v) is 10.2. The molecule has 0 bridgehead atoms. The number of rotatable bonds is 4. The van der Waals surface area contributed by atoms with E-state index in [1.165, 1.54) is 4.90 Å². The number of fused-ring (bicyclic) bond motifs is 2. The molecule has 3 aromatic rings. The fraction of sp³-hybridized carbons (Fsp3) is 0.240. The van der Waals surface area contributed by atoms with Gasteiger partial charge in [-0.05, 0) is 24.5 Å². The first kappa shape index (κ1) is 18.6. The van der Waals surface area contributed by atoms with E-state index >= 15 is 0 Å². The number of nitrogens with zero attached hydrogens (tertiary/aromatic N) is 2. The molecule has 150 valence electrons. The highest BCUT2D eigenvalue weighted by Gasteiger charge is 2.47. The van der Waals surface area contributed by atoms with Gasteiger partial charge in [-0.1, -0.05) is 60.7 Å². The highest BCUT2D eigenvalue weighted by molar-refractivity contribution is 6.17. The topological polar surface area (TPSA) is 59.4 Å². The molecule has 2 aromatic carbocycles. The van der Waals surface area contributed by atoms with E-state index in [4.69, 9.17) is 0 Å². The fourth-order valence-electron chi connectivity index (χ4n) is 4.86. The van der Waals surface area contributed by atoms with Crippen molar-refractivity contribution < 1.29 is 14.4 Å². The van der Waals surface area contributed by atoms with Gasteiger partial charge in [0.25, 0.3) is 0 Å². The zero-order chi connectivity index (χ0) is 20.8. The molecule has 0 saturated carbocycles. The van der Waals surface area contributed by atoms with Crippen molar-refractivity contribution in [2.45, 2.75) is 12.8 Å². The number of para-hydroxylation sites is 1. The van der Waals surface area contributed by atoms with E-state index in [1.54, 1.807) is 0 Å². The number of Topliss-reactive ketones (excluding diaryl/α,β-unsaturated/α-hetero) is 1. The van der Waals surface area contributed by atoms with E-state index < -0.39 is 0 Å². The maximum absolute atomic E-state index is 13.5. The Morgan fingerprint density at radius 2 is 1.50 bits per heavy atom.